The minimum atomic E-state index is -1.33. The van der Waals surface area contributed by atoms with E-state index in [0.29, 0.717) is 5.56 Å². The molecule has 1 heterocycles. The van der Waals surface area contributed by atoms with Gasteiger partial charge < -0.3 is 10.6 Å². The highest BCUT2D eigenvalue weighted by Gasteiger charge is 2.49. The molecule has 152 valence electrons. The molecule has 0 aliphatic carbocycles. The highest BCUT2D eigenvalue weighted by molar-refractivity contribution is 6.10. The van der Waals surface area contributed by atoms with E-state index >= 15 is 0 Å². The van der Waals surface area contributed by atoms with Gasteiger partial charge in [0.25, 0.3) is 5.91 Å². The zero-order valence-electron chi connectivity index (χ0n) is 16.1. The largest absolute Gasteiger partial charge is 0.325 e. The van der Waals surface area contributed by atoms with E-state index < -0.39 is 47.3 Å². The van der Waals surface area contributed by atoms with Crippen LogP contribution in [0, 0.1) is 11.6 Å². The van der Waals surface area contributed by atoms with E-state index in [4.69, 9.17) is 0 Å². The number of halogens is 2. The van der Waals surface area contributed by atoms with Crippen LogP contribution in [0.2, 0.25) is 0 Å². The zero-order chi connectivity index (χ0) is 21.2. The number of anilines is 1. The van der Waals surface area contributed by atoms with Crippen LogP contribution in [0.1, 0.15) is 31.4 Å². The lowest BCUT2D eigenvalue weighted by molar-refractivity contribution is -0.133. The van der Waals surface area contributed by atoms with E-state index in [0.717, 1.165) is 41.5 Å². The van der Waals surface area contributed by atoms with Crippen LogP contribution in [0.25, 0.3) is 0 Å². The number of nitrogens with one attached hydrogen (secondary N) is 2. The van der Waals surface area contributed by atoms with Crippen molar-refractivity contribution in [2.24, 2.45) is 0 Å². The SMILES string of the molecule is CCCc1ccc([C@@]2(C)NC(=O)N(CC(=O)Nc3c(F)cccc3F)C2=O)cc1. The van der Waals surface area contributed by atoms with Crippen LogP contribution in [-0.4, -0.2) is 29.3 Å². The molecule has 6 nitrogen and oxygen atoms in total. The molecule has 0 bridgehead atoms. The van der Waals surface area contributed by atoms with Crippen molar-refractivity contribution in [3.05, 3.63) is 65.2 Å². The van der Waals surface area contributed by atoms with Gasteiger partial charge in [-0.15, -0.1) is 0 Å². The van der Waals surface area contributed by atoms with Gasteiger partial charge in [-0.05, 0) is 36.6 Å². The maximum atomic E-state index is 13.7. The highest BCUT2D eigenvalue weighted by Crippen LogP contribution is 2.29. The Labute approximate surface area is 166 Å². The number of carbonyl (C=O) groups excluding carboxylic acids is 3. The molecule has 0 unspecified atom stereocenters. The zero-order valence-corrected chi connectivity index (χ0v) is 16.1. The highest BCUT2D eigenvalue weighted by atomic mass is 19.1. The number of imide groups is 1. The molecule has 0 aromatic heterocycles. The minimum Gasteiger partial charge on any atom is -0.320 e. The average Bonchev–Trinajstić information content (AvgIpc) is 2.90. The molecule has 8 heteroatoms. The maximum absolute atomic E-state index is 13.7. The molecular weight excluding hydrogens is 380 g/mol. The predicted octanol–water partition coefficient (Wildman–Crippen LogP) is 3.32. The second-order valence-corrected chi connectivity index (χ2v) is 7.04. The first-order chi connectivity index (χ1) is 13.8. The summed E-state index contributed by atoms with van der Waals surface area (Å²) in [5, 5.41) is 4.67. The number of benzene rings is 2. The molecule has 0 radical (unpaired) electrons. The number of para-hydroxylation sites is 1. The third-order valence-corrected chi connectivity index (χ3v) is 4.87. The Morgan fingerprint density at radius 1 is 1.10 bits per heavy atom. The van der Waals surface area contributed by atoms with Crippen LogP contribution in [-0.2, 0) is 21.5 Å². The molecular formula is C21H21F2N3O3. The Morgan fingerprint density at radius 2 is 1.72 bits per heavy atom. The van der Waals surface area contributed by atoms with Gasteiger partial charge in [-0.25, -0.2) is 13.6 Å². The summed E-state index contributed by atoms with van der Waals surface area (Å²) in [6, 6.07) is 9.70. The van der Waals surface area contributed by atoms with E-state index in [1.807, 2.05) is 12.1 Å². The number of amides is 4. The van der Waals surface area contributed by atoms with Gasteiger partial charge in [-0.1, -0.05) is 43.7 Å². The van der Waals surface area contributed by atoms with Crippen molar-refractivity contribution in [2.45, 2.75) is 32.2 Å². The third kappa shape index (κ3) is 3.96. The van der Waals surface area contributed by atoms with Crippen LogP contribution >= 0.6 is 0 Å². The molecule has 0 spiro atoms. The summed E-state index contributed by atoms with van der Waals surface area (Å²) in [4.78, 5) is 38.2. The lowest BCUT2D eigenvalue weighted by Crippen LogP contribution is -2.42. The maximum Gasteiger partial charge on any atom is 0.325 e. The first kappa shape index (κ1) is 20.4. The molecule has 1 saturated heterocycles. The van der Waals surface area contributed by atoms with Gasteiger partial charge in [0, 0.05) is 0 Å². The molecule has 2 N–H and O–H groups in total. The van der Waals surface area contributed by atoms with Crippen molar-refractivity contribution < 1.29 is 23.2 Å². The Hall–Kier alpha value is -3.29. The smallest absolute Gasteiger partial charge is 0.320 e. The summed E-state index contributed by atoms with van der Waals surface area (Å²) in [5.41, 5.74) is -0.261. The number of urea groups is 1. The molecule has 1 aliphatic heterocycles. The topological polar surface area (TPSA) is 78.5 Å². The Bertz CT molecular complexity index is 942. The number of hydrogen-bond donors (Lipinski definition) is 2. The molecule has 2 aromatic carbocycles. The van der Waals surface area contributed by atoms with Gasteiger partial charge >= 0.3 is 6.03 Å². The van der Waals surface area contributed by atoms with Crippen molar-refractivity contribution in [3.8, 4) is 0 Å². The number of rotatable bonds is 6. The monoisotopic (exact) mass is 401 g/mol. The van der Waals surface area contributed by atoms with Crippen LogP contribution in [0.4, 0.5) is 19.3 Å². The van der Waals surface area contributed by atoms with Crippen molar-refractivity contribution in [1.29, 1.82) is 0 Å². The van der Waals surface area contributed by atoms with Crippen LogP contribution in [0.3, 0.4) is 0 Å². The van der Waals surface area contributed by atoms with E-state index in [2.05, 4.69) is 17.6 Å². The van der Waals surface area contributed by atoms with Crippen molar-refractivity contribution in [3.63, 3.8) is 0 Å². The lowest BCUT2D eigenvalue weighted by Gasteiger charge is -2.22. The number of carbonyl (C=O) groups is 3. The fourth-order valence-electron chi connectivity index (χ4n) is 3.27. The number of nitrogens with zero attached hydrogens (tertiary/aromatic N) is 1. The Morgan fingerprint density at radius 3 is 2.31 bits per heavy atom. The fraction of sp³-hybridized carbons (Fsp3) is 0.286. The van der Waals surface area contributed by atoms with Crippen molar-refractivity contribution in [2.75, 3.05) is 11.9 Å². The van der Waals surface area contributed by atoms with E-state index in [9.17, 15) is 23.2 Å². The van der Waals surface area contributed by atoms with Gasteiger partial charge in [0.05, 0.1) is 0 Å². The van der Waals surface area contributed by atoms with Crippen LogP contribution in [0.15, 0.2) is 42.5 Å². The normalized spacial score (nSPS) is 18.7. The minimum absolute atomic E-state index is 0.582. The second-order valence-electron chi connectivity index (χ2n) is 7.04. The van der Waals surface area contributed by atoms with Gasteiger partial charge in [-0.3, -0.25) is 14.5 Å². The molecule has 2 aromatic rings. The first-order valence-electron chi connectivity index (χ1n) is 9.23. The summed E-state index contributed by atoms with van der Waals surface area (Å²) < 4.78 is 27.4. The summed E-state index contributed by atoms with van der Waals surface area (Å²) in [7, 11) is 0. The number of hydrogen-bond acceptors (Lipinski definition) is 3. The Kier molecular flexibility index (Phi) is 5.63. The van der Waals surface area contributed by atoms with Crippen molar-refractivity contribution >= 4 is 23.5 Å². The fourth-order valence-corrected chi connectivity index (χ4v) is 3.27. The van der Waals surface area contributed by atoms with Crippen molar-refractivity contribution in [1.82, 2.24) is 10.2 Å². The van der Waals surface area contributed by atoms with E-state index in [-0.39, 0.29) is 0 Å². The molecule has 4 amide bonds. The predicted molar refractivity (Wildman–Crippen MR) is 103 cm³/mol. The molecule has 3 rings (SSSR count). The quantitative estimate of drug-likeness (QED) is 0.729. The lowest BCUT2D eigenvalue weighted by atomic mass is 9.91. The summed E-state index contributed by atoms with van der Waals surface area (Å²) in [6.45, 7) is 2.95. The summed E-state index contributed by atoms with van der Waals surface area (Å²) >= 11 is 0. The molecule has 1 atom stereocenters. The van der Waals surface area contributed by atoms with Crippen LogP contribution in [0.5, 0.6) is 0 Å². The van der Waals surface area contributed by atoms with E-state index in [1.165, 1.54) is 0 Å². The van der Waals surface area contributed by atoms with Gasteiger partial charge in [-0.2, -0.15) is 0 Å². The van der Waals surface area contributed by atoms with Gasteiger partial charge in [0.15, 0.2) is 0 Å². The second kappa shape index (κ2) is 7.98. The van der Waals surface area contributed by atoms with E-state index in [1.54, 1.807) is 19.1 Å². The van der Waals surface area contributed by atoms with Gasteiger partial charge in [0.1, 0.15) is 29.4 Å². The third-order valence-electron chi connectivity index (χ3n) is 4.87. The summed E-state index contributed by atoms with van der Waals surface area (Å²) in [5.74, 6) is -3.41. The standard InChI is InChI=1S/C21H21F2N3O3/c1-3-5-13-8-10-14(11-9-13)21(2)19(28)26(20(29)25-21)12-17(27)24-18-15(22)6-4-7-16(18)23/h4,6-11H,3,5,12H2,1-2H3,(H,24,27)(H,25,29)/t21-/m1/s1. The molecule has 0 saturated carbocycles. The molecule has 1 aliphatic rings. The summed E-state index contributed by atoms with van der Waals surface area (Å²) in [6.07, 6.45) is 1.88. The number of aryl methyl sites for hydroxylation is 1. The first-order valence-corrected chi connectivity index (χ1v) is 9.23. The van der Waals surface area contributed by atoms with Crippen LogP contribution < -0.4 is 10.6 Å². The molecule has 29 heavy (non-hydrogen) atoms. The average molecular weight is 401 g/mol. The Balaban J connectivity index is 1.75. The van der Waals surface area contributed by atoms with Gasteiger partial charge in [0.2, 0.25) is 5.91 Å². The molecule has 1 fully saturated rings.